The second-order valence-electron chi connectivity index (χ2n) is 4.37. The number of benzene rings is 2. The molecule has 0 bridgehead atoms. The van der Waals surface area contributed by atoms with Crippen molar-refractivity contribution in [2.45, 2.75) is 6.04 Å². The van der Waals surface area contributed by atoms with Crippen LogP contribution in [0, 0.1) is 11.6 Å². The Labute approximate surface area is 126 Å². The van der Waals surface area contributed by atoms with Crippen LogP contribution >= 0.6 is 11.6 Å². The van der Waals surface area contributed by atoms with E-state index in [0.717, 1.165) is 12.1 Å². The molecule has 1 atom stereocenters. The van der Waals surface area contributed by atoms with E-state index >= 15 is 0 Å². The maximum absolute atomic E-state index is 13.4. The Morgan fingerprint density at radius 3 is 2.29 bits per heavy atom. The maximum atomic E-state index is 13.4. The van der Waals surface area contributed by atoms with E-state index in [2.05, 4.69) is 0 Å². The summed E-state index contributed by atoms with van der Waals surface area (Å²) in [5.41, 5.74) is 6.98. The Morgan fingerprint density at radius 1 is 1.00 bits per heavy atom. The van der Waals surface area contributed by atoms with Gasteiger partial charge in [-0.05, 0) is 29.8 Å². The molecule has 0 saturated heterocycles. The lowest BCUT2D eigenvalue weighted by Gasteiger charge is -2.18. The Morgan fingerprint density at radius 2 is 1.67 bits per heavy atom. The molecule has 0 aromatic heterocycles. The van der Waals surface area contributed by atoms with Gasteiger partial charge < -0.3 is 15.2 Å². The SMILES string of the molecule is COc1ccc(C(N)c2cc(F)c(F)cc2Cl)c(OC)c1. The first-order chi connectivity index (χ1) is 9.97. The number of rotatable bonds is 4. The highest BCUT2D eigenvalue weighted by Gasteiger charge is 2.19. The van der Waals surface area contributed by atoms with Crippen LogP contribution in [0.1, 0.15) is 17.2 Å². The summed E-state index contributed by atoms with van der Waals surface area (Å²) in [6, 6.07) is 6.19. The van der Waals surface area contributed by atoms with Crippen molar-refractivity contribution in [1.82, 2.24) is 0 Å². The molecule has 0 aliphatic carbocycles. The molecule has 2 rings (SSSR count). The van der Waals surface area contributed by atoms with Gasteiger partial charge in [0.15, 0.2) is 11.6 Å². The molecule has 0 spiro atoms. The zero-order valence-corrected chi connectivity index (χ0v) is 12.2. The Bertz CT molecular complexity index is 664. The first kappa shape index (κ1) is 15.5. The van der Waals surface area contributed by atoms with E-state index in [1.807, 2.05) is 0 Å². The number of methoxy groups -OCH3 is 2. The molecule has 0 aliphatic heterocycles. The Balaban J connectivity index is 2.49. The average molecular weight is 314 g/mol. The molecule has 112 valence electrons. The molecule has 3 nitrogen and oxygen atoms in total. The van der Waals surface area contributed by atoms with E-state index in [4.69, 9.17) is 26.8 Å². The largest absolute Gasteiger partial charge is 0.497 e. The number of hydrogen-bond donors (Lipinski definition) is 1. The lowest BCUT2D eigenvalue weighted by molar-refractivity contribution is 0.390. The van der Waals surface area contributed by atoms with Gasteiger partial charge in [0.1, 0.15) is 11.5 Å². The highest BCUT2D eigenvalue weighted by Crippen LogP contribution is 2.35. The third-order valence-electron chi connectivity index (χ3n) is 3.15. The fraction of sp³-hybridized carbons (Fsp3) is 0.200. The van der Waals surface area contributed by atoms with Gasteiger partial charge in [-0.25, -0.2) is 8.78 Å². The first-order valence-corrected chi connectivity index (χ1v) is 6.47. The van der Waals surface area contributed by atoms with Crippen LogP contribution in [0.2, 0.25) is 5.02 Å². The molecule has 2 aromatic carbocycles. The summed E-state index contributed by atoms with van der Waals surface area (Å²) in [4.78, 5) is 0. The summed E-state index contributed by atoms with van der Waals surface area (Å²) in [7, 11) is 3.01. The van der Waals surface area contributed by atoms with Crippen LogP contribution in [0.5, 0.6) is 11.5 Å². The van der Waals surface area contributed by atoms with Crippen molar-refractivity contribution < 1.29 is 18.3 Å². The zero-order valence-electron chi connectivity index (χ0n) is 11.5. The third kappa shape index (κ3) is 3.09. The van der Waals surface area contributed by atoms with Crippen LogP contribution in [-0.4, -0.2) is 14.2 Å². The molecule has 6 heteroatoms. The van der Waals surface area contributed by atoms with E-state index in [1.54, 1.807) is 18.2 Å². The Hall–Kier alpha value is -1.85. The molecule has 0 radical (unpaired) electrons. The van der Waals surface area contributed by atoms with E-state index in [9.17, 15) is 8.78 Å². The quantitative estimate of drug-likeness (QED) is 0.876. The van der Waals surface area contributed by atoms with Gasteiger partial charge in [0.2, 0.25) is 0 Å². The second-order valence-corrected chi connectivity index (χ2v) is 4.78. The van der Waals surface area contributed by atoms with E-state index in [0.29, 0.717) is 17.1 Å². The summed E-state index contributed by atoms with van der Waals surface area (Å²) in [5, 5.41) is 0.0549. The van der Waals surface area contributed by atoms with Crippen molar-refractivity contribution in [2.75, 3.05) is 14.2 Å². The molecule has 0 amide bonds. The predicted octanol–water partition coefficient (Wildman–Crippen LogP) is 3.68. The normalized spacial score (nSPS) is 12.1. The summed E-state index contributed by atoms with van der Waals surface area (Å²) in [5.74, 6) is -0.947. The molecule has 1 unspecified atom stereocenters. The molecular weight excluding hydrogens is 300 g/mol. The highest BCUT2D eigenvalue weighted by atomic mass is 35.5. The van der Waals surface area contributed by atoms with Gasteiger partial charge in [-0.1, -0.05) is 11.6 Å². The predicted molar refractivity (Wildman–Crippen MR) is 76.9 cm³/mol. The van der Waals surface area contributed by atoms with Crippen LogP contribution in [0.4, 0.5) is 8.78 Å². The summed E-state index contributed by atoms with van der Waals surface area (Å²) in [6.07, 6.45) is 0. The number of halogens is 3. The zero-order chi connectivity index (χ0) is 15.6. The molecule has 0 heterocycles. The van der Waals surface area contributed by atoms with Gasteiger partial charge in [0.05, 0.1) is 20.3 Å². The van der Waals surface area contributed by atoms with Crippen LogP contribution in [-0.2, 0) is 0 Å². The standard InChI is InChI=1S/C15H14ClF2NO2/c1-20-8-3-4-9(14(5-8)21-2)15(19)10-6-12(17)13(18)7-11(10)16/h3-7,15H,19H2,1-2H3. The minimum atomic E-state index is -1.02. The van der Waals surface area contributed by atoms with Crippen LogP contribution in [0.25, 0.3) is 0 Å². The maximum Gasteiger partial charge on any atom is 0.160 e. The van der Waals surface area contributed by atoms with Gasteiger partial charge in [-0.2, -0.15) is 0 Å². The van der Waals surface area contributed by atoms with Gasteiger partial charge in [0, 0.05) is 16.7 Å². The minimum Gasteiger partial charge on any atom is -0.497 e. The van der Waals surface area contributed by atoms with E-state index < -0.39 is 17.7 Å². The smallest absolute Gasteiger partial charge is 0.160 e. The van der Waals surface area contributed by atoms with Gasteiger partial charge >= 0.3 is 0 Å². The Kier molecular flexibility index (Phi) is 4.65. The minimum absolute atomic E-state index is 0.0549. The third-order valence-corrected chi connectivity index (χ3v) is 3.48. The lowest BCUT2D eigenvalue weighted by atomic mass is 9.98. The fourth-order valence-electron chi connectivity index (χ4n) is 2.02. The highest BCUT2D eigenvalue weighted by molar-refractivity contribution is 6.31. The number of hydrogen-bond acceptors (Lipinski definition) is 3. The topological polar surface area (TPSA) is 44.5 Å². The van der Waals surface area contributed by atoms with E-state index in [1.165, 1.54) is 14.2 Å². The number of nitrogens with two attached hydrogens (primary N) is 1. The van der Waals surface area contributed by atoms with Gasteiger partial charge in [-0.15, -0.1) is 0 Å². The van der Waals surface area contributed by atoms with E-state index in [-0.39, 0.29) is 10.6 Å². The molecule has 2 N–H and O–H groups in total. The molecule has 21 heavy (non-hydrogen) atoms. The fourth-order valence-corrected chi connectivity index (χ4v) is 2.29. The van der Waals surface area contributed by atoms with Crippen molar-refractivity contribution in [1.29, 1.82) is 0 Å². The van der Waals surface area contributed by atoms with Crippen molar-refractivity contribution in [2.24, 2.45) is 5.73 Å². The molecule has 2 aromatic rings. The summed E-state index contributed by atoms with van der Waals surface area (Å²) in [6.45, 7) is 0. The van der Waals surface area contributed by atoms with Crippen LogP contribution in [0.15, 0.2) is 30.3 Å². The van der Waals surface area contributed by atoms with Gasteiger partial charge in [0.25, 0.3) is 0 Å². The van der Waals surface area contributed by atoms with Crippen molar-refractivity contribution in [3.63, 3.8) is 0 Å². The lowest BCUT2D eigenvalue weighted by Crippen LogP contribution is -2.14. The monoisotopic (exact) mass is 313 g/mol. The van der Waals surface area contributed by atoms with Crippen molar-refractivity contribution in [3.05, 3.63) is 58.1 Å². The van der Waals surface area contributed by atoms with Crippen LogP contribution < -0.4 is 15.2 Å². The summed E-state index contributed by atoms with van der Waals surface area (Å²) < 4.78 is 36.9. The van der Waals surface area contributed by atoms with Gasteiger partial charge in [-0.3, -0.25) is 0 Å². The average Bonchev–Trinajstić information content (AvgIpc) is 2.49. The molecule has 0 fully saturated rings. The first-order valence-electron chi connectivity index (χ1n) is 6.10. The van der Waals surface area contributed by atoms with Crippen LogP contribution in [0.3, 0.4) is 0 Å². The molecule has 0 saturated carbocycles. The second kappa shape index (κ2) is 6.28. The molecule has 0 aliphatic rings. The van der Waals surface area contributed by atoms with Crippen molar-refractivity contribution >= 4 is 11.6 Å². The summed E-state index contributed by atoms with van der Waals surface area (Å²) >= 11 is 5.95. The molecular formula is C15H14ClF2NO2. The van der Waals surface area contributed by atoms with Crippen molar-refractivity contribution in [3.8, 4) is 11.5 Å². The number of ether oxygens (including phenoxy) is 2.